The summed E-state index contributed by atoms with van der Waals surface area (Å²) in [4.78, 5) is 5.34. The molecule has 0 fully saturated rings. The second-order valence-corrected chi connectivity index (χ2v) is 7.33. The highest BCUT2D eigenvalue weighted by Crippen LogP contribution is 2.23. The number of H-pyrrole nitrogens is 1. The van der Waals surface area contributed by atoms with Gasteiger partial charge < -0.3 is 9.88 Å². The van der Waals surface area contributed by atoms with Crippen LogP contribution in [0.1, 0.15) is 11.1 Å². The number of aromatic nitrogens is 1. The first-order valence-electron chi connectivity index (χ1n) is 8.05. The minimum atomic E-state index is -1.23. The van der Waals surface area contributed by atoms with E-state index in [4.69, 9.17) is 0 Å². The van der Waals surface area contributed by atoms with Crippen LogP contribution in [0.3, 0.4) is 0 Å². The van der Waals surface area contributed by atoms with Gasteiger partial charge in [-0.15, -0.1) is 0 Å². The maximum absolute atomic E-state index is 12.5. The van der Waals surface area contributed by atoms with E-state index >= 15 is 0 Å². The van der Waals surface area contributed by atoms with Gasteiger partial charge in [-0.3, -0.25) is 0 Å². The average molecular weight is 341 g/mol. The third-order valence-electron chi connectivity index (χ3n) is 4.20. The predicted octanol–water partition coefficient (Wildman–Crippen LogP) is 3.40. The highest BCUT2D eigenvalue weighted by atomic mass is 32.2. The molecule has 5 heteroatoms. The van der Waals surface area contributed by atoms with E-state index in [1.54, 1.807) is 0 Å². The summed E-state index contributed by atoms with van der Waals surface area (Å²) in [7, 11) is 2.83. The van der Waals surface area contributed by atoms with Crippen LogP contribution in [0.15, 0.2) is 53.6 Å². The third kappa shape index (κ3) is 3.52. The molecular weight excluding hydrogens is 318 g/mol. The van der Waals surface area contributed by atoms with Crippen molar-refractivity contribution in [2.75, 3.05) is 25.5 Å². The SMILES string of the molecule is Cc1c(S(=O)NCCc2ccc(N(C)C)cc2)[nH]c2ccccc12. The molecule has 3 aromatic rings. The van der Waals surface area contributed by atoms with E-state index in [9.17, 15) is 4.21 Å². The van der Waals surface area contributed by atoms with Crippen molar-refractivity contribution in [1.29, 1.82) is 0 Å². The number of para-hydroxylation sites is 1. The Balaban J connectivity index is 1.61. The fraction of sp³-hybridized carbons (Fsp3) is 0.263. The Bertz CT molecular complexity index is 853. The van der Waals surface area contributed by atoms with Crippen molar-refractivity contribution in [1.82, 2.24) is 9.71 Å². The summed E-state index contributed by atoms with van der Waals surface area (Å²) in [6.45, 7) is 2.68. The van der Waals surface area contributed by atoms with Crippen molar-refractivity contribution in [3.63, 3.8) is 0 Å². The third-order valence-corrected chi connectivity index (χ3v) is 5.45. The lowest BCUT2D eigenvalue weighted by Crippen LogP contribution is -2.21. The summed E-state index contributed by atoms with van der Waals surface area (Å²) >= 11 is 0. The summed E-state index contributed by atoms with van der Waals surface area (Å²) < 4.78 is 15.6. The van der Waals surface area contributed by atoms with Crippen molar-refractivity contribution in [3.8, 4) is 0 Å². The molecular formula is C19H23N3OS. The molecule has 0 spiro atoms. The zero-order chi connectivity index (χ0) is 17.1. The Labute approximate surface area is 145 Å². The first-order valence-corrected chi connectivity index (χ1v) is 9.20. The molecule has 1 atom stereocenters. The molecule has 2 aromatic carbocycles. The number of aromatic amines is 1. The summed E-state index contributed by atoms with van der Waals surface area (Å²) in [5.74, 6) is 0. The summed E-state index contributed by atoms with van der Waals surface area (Å²) in [5.41, 5.74) is 4.49. The Morgan fingerprint density at radius 1 is 1.08 bits per heavy atom. The molecule has 2 N–H and O–H groups in total. The van der Waals surface area contributed by atoms with Crippen LogP contribution in [0.2, 0.25) is 0 Å². The van der Waals surface area contributed by atoms with E-state index in [-0.39, 0.29) is 0 Å². The quantitative estimate of drug-likeness (QED) is 0.722. The van der Waals surface area contributed by atoms with Crippen LogP contribution in [0, 0.1) is 6.92 Å². The topological polar surface area (TPSA) is 48.1 Å². The minimum Gasteiger partial charge on any atom is -0.378 e. The van der Waals surface area contributed by atoms with Crippen molar-refractivity contribution in [3.05, 3.63) is 59.7 Å². The molecule has 1 aromatic heterocycles. The molecule has 0 aliphatic carbocycles. The molecule has 0 aliphatic heterocycles. The smallest absolute Gasteiger partial charge is 0.142 e. The number of hydrogen-bond acceptors (Lipinski definition) is 2. The number of fused-ring (bicyclic) bond motifs is 1. The van der Waals surface area contributed by atoms with Crippen LogP contribution < -0.4 is 9.62 Å². The van der Waals surface area contributed by atoms with Crippen molar-refractivity contribution in [2.45, 2.75) is 18.4 Å². The maximum Gasteiger partial charge on any atom is 0.142 e. The Hall–Kier alpha value is -2.11. The molecule has 1 unspecified atom stereocenters. The molecule has 126 valence electrons. The van der Waals surface area contributed by atoms with Crippen molar-refractivity contribution in [2.24, 2.45) is 0 Å². The number of nitrogens with one attached hydrogen (secondary N) is 2. The number of rotatable bonds is 6. The second kappa shape index (κ2) is 7.20. The van der Waals surface area contributed by atoms with Gasteiger partial charge in [0.05, 0.1) is 0 Å². The van der Waals surface area contributed by atoms with Crippen LogP contribution in [0.4, 0.5) is 5.69 Å². The lowest BCUT2D eigenvalue weighted by molar-refractivity contribution is 0.668. The highest BCUT2D eigenvalue weighted by Gasteiger charge is 2.12. The molecule has 0 bridgehead atoms. The van der Waals surface area contributed by atoms with E-state index in [0.29, 0.717) is 6.54 Å². The average Bonchev–Trinajstić information content (AvgIpc) is 2.93. The van der Waals surface area contributed by atoms with Crippen LogP contribution >= 0.6 is 0 Å². The first kappa shape index (κ1) is 16.7. The minimum absolute atomic E-state index is 0.669. The zero-order valence-corrected chi connectivity index (χ0v) is 15.1. The highest BCUT2D eigenvalue weighted by molar-refractivity contribution is 7.83. The van der Waals surface area contributed by atoms with Crippen molar-refractivity contribution < 1.29 is 4.21 Å². The number of nitrogens with zero attached hydrogens (tertiary/aromatic N) is 1. The van der Waals surface area contributed by atoms with Crippen molar-refractivity contribution >= 4 is 27.6 Å². The summed E-state index contributed by atoms with van der Waals surface area (Å²) in [6, 6.07) is 16.5. The molecule has 0 amide bonds. The van der Waals surface area contributed by atoms with Crippen LogP contribution in [-0.2, 0) is 17.4 Å². The summed E-state index contributed by atoms with van der Waals surface area (Å²) in [5, 5.41) is 1.89. The van der Waals surface area contributed by atoms with Gasteiger partial charge in [0.25, 0.3) is 0 Å². The van der Waals surface area contributed by atoms with Gasteiger partial charge >= 0.3 is 0 Å². The van der Waals surface area contributed by atoms with Gasteiger partial charge in [0.1, 0.15) is 16.0 Å². The molecule has 0 radical (unpaired) electrons. The van der Waals surface area contributed by atoms with Crippen LogP contribution in [0.5, 0.6) is 0 Å². The van der Waals surface area contributed by atoms with Gasteiger partial charge in [0, 0.05) is 37.2 Å². The zero-order valence-electron chi connectivity index (χ0n) is 14.3. The Morgan fingerprint density at radius 3 is 2.46 bits per heavy atom. The Kier molecular flexibility index (Phi) is 5.02. The van der Waals surface area contributed by atoms with Gasteiger partial charge in [0.15, 0.2) is 0 Å². The maximum atomic E-state index is 12.5. The van der Waals surface area contributed by atoms with Crippen LogP contribution in [0.25, 0.3) is 10.9 Å². The number of anilines is 1. The fourth-order valence-electron chi connectivity index (χ4n) is 2.76. The first-order chi connectivity index (χ1) is 11.6. The van der Waals surface area contributed by atoms with Crippen LogP contribution in [-0.4, -0.2) is 29.8 Å². The summed E-state index contributed by atoms with van der Waals surface area (Å²) in [6.07, 6.45) is 0.846. The Morgan fingerprint density at radius 2 is 1.79 bits per heavy atom. The molecule has 24 heavy (non-hydrogen) atoms. The normalized spacial score (nSPS) is 12.5. The van der Waals surface area contributed by atoms with Gasteiger partial charge in [-0.05, 0) is 42.7 Å². The van der Waals surface area contributed by atoms with Gasteiger partial charge in [-0.25, -0.2) is 8.93 Å². The monoisotopic (exact) mass is 341 g/mol. The molecule has 4 nitrogen and oxygen atoms in total. The number of aryl methyl sites for hydroxylation is 1. The molecule has 1 heterocycles. The molecule has 0 saturated carbocycles. The van der Waals surface area contributed by atoms with E-state index in [1.807, 2.05) is 45.3 Å². The van der Waals surface area contributed by atoms with E-state index < -0.39 is 11.0 Å². The van der Waals surface area contributed by atoms with Gasteiger partial charge in [0.2, 0.25) is 0 Å². The molecule has 0 saturated heterocycles. The van der Waals surface area contributed by atoms with Gasteiger partial charge in [-0.2, -0.15) is 0 Å². The predicted molar refractivity (Wildman–Crippen MR) is 102 cm³/mol. The lowest BCUT2D eigenvalue weighted by Gasteiger charge is -2.12. The van der Waals surface area contributed by atoms with E-state index in [2.05, 4.69) is 38.9 Å². The number of benzene rings is 2. The molecule has 0 aliphatic rings. The van der Waals surface area contributed by atoms with E-state index in [0.717, 1.165) is 27.9 Å². The second-order valence-electron chi connectivity index (χ2n) is 6.10. The largest absolute Gasteiger partial charge is 0.378 e. The fourth-order valence-corrected chi connectivity index (χ4v) is 3.79. The van der Waals surface area contributed by atoms with E-state index in [1.165, 1.54) is 11.3 Å². The number of hydrogen-bond donors (Lipinski definition) is 2. The van der Waals surface area contributed by atoms with Gasteiger partial charge in [-0.1, -0.05) is 30.3 Å². The molecule has 3 rings (SSSR count). The standard InChI is InChI=1S/C19H23N3OS/c1-14-17-6-4-5-7-18(17)21-19(14)24(23)20-13-12-15-8-10-16(11-9-15)22(2)3/h4-11,20-21H,12-13H2,1-3H3. The lowest BCUT2D eigenvalue weighted by atomic mass is 10.1.